The molecule has 31 heavy (non-hydrogen) atoms. The molecule has 0 amide bonds. The predicted octanol–water partition coefficient (Wildman–Crippen LogP) is 8.07. The molecule has 0 aliphatic heterocycles. The summed E-state index contributed by atoms with van der Waals surface area (Å²) in [5.41, 5.74) is 3.41. The fourth-order valence-corrected chi connectivity index (χ4v) is 8.24. The first-order chi connectivity index (χ1) is 15.0. The molecule has 5 heteroatoms. The van der Waals surface area contributed by atoms with Gasteiger partial charge in [0.1, 0.15) is 0 Å². The molecule has 4 saturated carbocycles. The Morgan fingerprint density at radius 2 is 1.55 bits per heavy atom. The van der Waals surface area contributed by atoms with Crippen LogP contribution < -0.4 is 5.32 Å². The van der Waals surface area contributed by atoms with Crippen LogP contribution in [-0.4, -0.2) is 11.5 Å². The fourth-order valence-electron chi connectivity index (χ4n) is 7.17. The number of aromatic nitrogens is 1. The number of hydrogen-bond donors (Lipinski definition) is 1. The summed E-state index contributed by atoms with van der Waals surface area (Å²) >= 11 is 14.0. The Balaban J connectivity index is 1.22. The summed E-state index contributed by atoms with van der Waals surface area (Å²) in [7, 11) is 0. The van der Waals surface area contributed by atoms with Crippen molar-refractivity contribution in [2.45, 2.75) is 43.9 Å². The van der Waals surface area contributed by atoms with Gasteiger partial charge in [-0.25, -0.2) is 4.98 Å². The molecule has 0 saturated heterocycles. The van der Waals surface area contributed by atoms with Gasteiger partial charge in [0.15, 0.2) is 5.13 Å². The average Bonchev–Trinajstić information content (AvgIpc) is 3.22. The van der Waals surface area contributed by atoms with Gasteiger partial charge in [0, 0.05) is 22.8 Å². The van der Waals surface area contributed by atoms with Gasteiger partial charge in [0.25, 0.3) is 0 Å². The molecule has 3 aromatic rings. The number of halogens is 2. The molecule has 2 aromatic carbocycles. The van der Waals surface area contributed by atoms with Crippen LogP contribution in [0, 0.1) is 17.3 Å². The molecule has 7 rings (SSSR count). The second kappa shape index (κ2) is 7.50. The minimum absolute atomic E-state index is 0.341. The van der Waals surface area contributed by atoms with Crippen molar-refractivity contribution in [2.75, 3.05) is 11.9 Å². The van der Waals surface area contributed by atoms with E-state index >= 15 is 0 Å². The van der Waals surface area contributed by atoms with Gasteiger partial charge in [0.2, 0.25) is 0 Å². The monoisotopic (exact) mass is 468 g/mol. The van der Waals surface area contributed by atoms with Crippen molar-refractivity contribution in [3.05, 3.63) is 70.3 Å². The zero-order valence-corrected chi connectivity index (χ0v) is 19.7. The summed E-state index contributed by atoms with van der Waals surface area (Å²) in [5, 5.41) is 6.37. The van der Waals surface area contributed by atoms with Crippen LogP contribution in [0.25, 0.3) is 10.4 Å². The molecular weight excluding hydrogens is 443 g/mol. The van der Waals surface area contributed by atoms with Gasteiger partial charge in [-0.05, 0) is 96.6 Å². The maximum atomic E-state index is 6.20. The Kier molecular flexibility index (Phi) is 4.86. The lowest BCUT2D eigenvalue weighted by molar-refractivity contribution is -0.0645. The van der Waals surface area contributed by atoms with E-state index in [1.807, 2.05) is 18.3 Å². The molecule has 0 spiro atoms. The summed E-state index contributed by atoms with van der Waals surface area (Å²) in [5.74, 6) is 1.72. The molecule has 2 atom stereocenters. The van der Waals surface area contributed by atoms with E-state index in [1.165, 1.54) is 54.5 Å². The Bertz CT molecular complexity index is 1080. The summed E-state index contributed by atoms with van der Waals surface area (Å²) < 4.78 is 0. The minimum atomic E-state index is 0.341. The smallest absolute Gasteiger partial charge is 0.183 e. The Labute approximate surface area is 198 Å². The zero-order chi connectivity index (χ0) is 21.1. The van der Waals surface area contributed by atoms with Crippen molar-refractivity contribution in [1.29, 1.82) is 0 Å². The van der Waals surface area contributed by atoms with Crippen LogP contribution in [0.1, 0.15) is 44.1 Å². The van der Waals surface area contributed by atoms with Crippen molar-refractivity contribution >= 4 is 39.7 Å². The van der Waals surface area contributed by atoms with Crippen LogP contribution in [0.5, 0.6) is 0 Å². The molecule has 4 aliphatic carbocycles. The number of nitrogens with zero attached hydrogens (tertiary/aromatic N) is 1. The number of anilines is 1. The van der Waals surface area contributed by atoms with E-state index in [1.54, 1.807) is 11.3 Å². The van der Waals surface area contributed by atoms with E-state index in [0.29, 0.717) is 10.8 Å². The molecule has 160 valence electrons. The third-order valence-electron chi connectivity index (χ3n) is 7.89. The molecule has 2 nitrogen and oxygen atoms in total. The van der Waals surface area contributed by atoms with Crippen LogP contribution in [0.15, 0.2) is 54.7 Å². The Hall–Kier alpha value is -1.55. The van der Waals surface area contributed by atoms with Crippen LogP contribution in [0.2, 0.25) is 10.0 Å². The predicted molar refractivity (Wildman–Crippen MR) is 131 cm³/mol. The number of nitrogens with one attached hydrogen (secondary N) is 1. The molecule has 1 N–H and O–H groups in total. The fraction of sp³-hybridized carbons (Fsp3) is 0.423. The third-order valence-corrected chi connectivity index (χ3v) is 9.40. The van der Waals surface area contributed by atoms with Crippen LogP contribution in [0.3, 0.4) is 0 Å². The van der Waals surface area contributed by atoms with Crippen LogP contribution >= 0.6 is 34.5 Å². The van der Waals surface area contributed by atoms with Crippen molar-refractivity contribution in [3.63, 3.8) is 0 Å². The SMILES string of the molecule is Clc1ccc(-c2cnc(NCC34CC5CC(C3)CC(c3ccc(Cl)cc3)(C5)C4)s2)cc1. The molecule has 1 heterocycles. The number of hydrogen-bond acceptors (Lipinski definition) is 3. The molecule has 0 radical (unpaired) electrons. The first-order valence-corrected chi connectivity index (χ1v) is 12.8. The first kappa shape index (κ1) is 20.1. The van der Waals surface area contributed by atoms with Crippen molar-refractivity contribution in [3.8, 4) is 10.4 Å². The highest BCUT2D eigenvalue weighted by Gasteiger charge is 2.57. The topological polar surface area (TPSA) is 24.9 Å². The lowest BCUT2D eigenvalue weighted by atomic mass is 9.43. The van der Waals surface area contributed by atoms with E-state index in [9.17, 15) is 0 Å². The van der Waals surface area contributed by atoms with Gasteiger partial charge in [-0.15, -0.1) is 0 Å². The summed E-state index contributed by atoms with van der Waals surface area (Å²) in [6.45, 7) is 1.03. The van der Waals surface area contributed by atoms with Gasteiger partial charge >= 0.3 is 0 Å². The van der Waals surface area contributed by atoms with E-state index in [2.05, 4.69) is 46.7 Å². The van der Waals surface area contributed by atoms with Gasteiger partial charge < -0.3 is 5.32 Å². The minimum Gasteiger partial charge on any atom is -0.361 e. The number of rotatable bonds is 5. The molecule has 4 aliphatic rings. The Morgan fingerprint density at radius 3 is 2.23 bits per heavy atom. The maximum Gasteiger partial charge on any atom is 0.183 e. The normalized spacial score (nSPS) is 31.2. The van der Waals surface area contributed by atoms with Gasteiger partial charge in [-0.2, -0.15) is 0 Å². The second-order valence-corrected chi connectivity index (χ2v) is 12.0. The zero-order valence-electron chi connectivity index (χ0n) is 17.4. The molecule has 4 bridgehead atoms. The van der Waals surface area contributed by atoms with Crippen LogP contribution in [-0.2, 0) is 5.41 Å². The maximum absolute atomic E-state index is 6.20. The largest absolute Gasteiger partial charge is 0.361 e. The van der Waals surface area contributed by atoms with Gasteiger partial charge in [-0.3, -0.25) is 0 Å². The average molecular weight is 469 g/mol. The van der Waals surface area contributed by atoms with Crippen molar-refractivity contribution in [2.24, 2.45) is 17.3 Å². The Morgan fingerprint density at radius 1 is 0.903 bits per heavy atom. The van der Waals surface area contributed by atoms with E-state index in [-0.39, 0.29) is 0 Å². The molecule has 1 aromatic heterocycles. The highest BCUT2D eigenvalue weighted by atomic mass is 35.5. The third kappa shape index (κ3) is 3.69. The summed E-state index contributed by atoms with van der Waals surface area (Å²) in [6.07, 6.45) is 10.1. The number of benzene rings is 2. The highest BCUT2D eigenvalue weighted by Crippen LogP contribution is 2.65. The summed E-state index contributed by atoms with van der Waals surface area (Å²) in [6, 6.07) is 16.7. The number of thiazole rings is 1. The molecule has 4 fully saturated rings. The second-order valence-electron chi connectivity index (χ2n) is 10.1. The van der Waals surface area contributed by atoms with Crippen molar-refractivity contribution in [1.82, 2.24) is 4.98 Å². The van der Waals surface area contributed by atoms with E-state index < -0.39 is 0 Å². The summed E-state index contributed by atoms with van der Waals surface area (Å²) in [4.78, 5) is 5.86. The lowest BCUT2D eigenvalue weighted by Gasteiger charge is -2.62. The van der Waals surface area contributed by atoms with E-state index in [0.717, 1.165) is 33.6 Å². The van der Waals surface area contributed by atoms with Gasteiger partial charge in [0.05, 0.1) is 4.88 Å². The quantitative estimate of drug-likeness (QED) is 0.409. The van der Waals surface area contributed by atoms with Crippen LogP contribution in [0.4, 0.5) is 5.13 Å². The highest BCUT2D eigenvalue weighted by molar-refractivity contribution is 7.18. The molecular formula is C26H26Cl2N2S. The lowest BCUT2D eigenvalue weighted by Crippen LogP contribution is -2.56. The molecule has 2 unspecified atom stereocenters. The van der Waals surface area contributed by atoms with E-state index in [4.69, 9.17) is 23.2 Å². The van der Waals surface area contributed by atoms with Crippen molar-refractivity contribution < 1.29 is 0 Å². The standard InChI is InChI=1S/C26H26Cl2N2S/c27-21-5-1-19(2-6-21)23-14-29-24(31-23)30-16-25-10-17-9-18(11-25)13-26(12-17,15-25)20-3-7-22(28)8-4-20/h1-8,14,17-18H,9-13,15-16H2,(H,29,30). The van der Waals surface area contributed by atoms with Gasteiger partial charge in [-0.1, -0.05) is 58.8 Å². The first-order valence-electron chi connectivity index (χ1n) is 11.2.